The summed E-state index contributed by atoms with van der Waals surface area (Å²) in [5.74, 6) is 1.71. The van der Waals surface area contributed by atoms with E-state index in [1.165, 1.54) is 4.90 Å². The summed E-state index contributed by atoms with van der Waals surface area (Å²) in [5, 5.41) is 0. The van der Waals surface area contributed by atoms with Crippen molar-refractivity contribution >= 4 is 11.6 Å². The molecule has 2 rings (SSSR count). The molecule has 0 N–H and O–H groups in total. The summed E-state index contributed by atoms with van der Waals surface area (Å²) in [5.41, 5.74) is 1.85. The van der Waals surface area contributed by atoms with Gasteiger partial charge in [0.25, 0.3) is 5.91 Å². The van der Waals surface area contributed by atoms with Gasteiger partial charge in [0.2, 0.25) is 0 Å². The molecule has 5 nitrogen and oxygen atoms in total. The Morgan fingerprint density at radius 3 is 2.26 bits per heavy atom. The van der Waals surface area contributed by atoms with Crippen LogP contribution < -0.4 is 19.1 Å². The molecule has 0 saturated carbocycles. The van der Waals surface area contributed by atoms with Gasteiger partial charge in [-0.2, -0.15) is 0 Å². The van der Waals surface area contributed by atoms with E-state index in [4.69, 9.17) is 14.2 Å². The summed E-state index contributed by atoms with van der Waals surface area (Å²) in [4.78, 5) is 13.8. The molecule has 0 aliphatic carbocycles. The van der Waals surface area contributed by atoms with E-state index < -0.39 is 0 Å². The lowest BCUT2D eigenvalue weighted by Crippen LogP contribution is -2.31. The molecule has 5 heteroatoms. The molecule has 0 spiro atoms. The van der Waals surface area contributed by atoms with Gasteiger partial charge in [0.05, 0.1) is 14.2 Å². The molecule has 0 bridgehead atoms. The highest BCUT2D eigenvalue weighted by Crippen LogP contribution is 2.31. The molecule has 2 aromatic carbocycles. The number of hydrogen-bond donors (Lipinski definition) is 0. The Balaban J connectivity index is 2.03. The number of likely N-dealkylation sites (N-methyl/N-ethyl adjacent to an activating group) is 1. The minimum absolute atomic E-state index is 0.0338. The second-order valence-corrected chi connectivity index (χ2v) is 5.09. The van der Waals surface area contributed by atoms with Gasteiger partial charge in [0.15, 0.2) is 18.1 Å². The summed E-state index contributed by atoms with van der Waals surface area (Å²) in [6.45, 7) is 1.97. The molecule has 0 radical (unpaired) electrons. The topological polar surface area (TPSA) is 48.0 Å². The zero-order valence-corrected chi connectivity index (χ0v) is 13.8. The van der Waals surface area contributed by atoms with Crippen molar-refractivity contribution in [1.29, 1.82) is 0 Å². The van der Waals surface area contributed by atoms with E-state index in [1.54, 1.807) is 39.5 Å². The van der Waals surface area contributed by atoms with Crippen LogP contribution in [-0.2, 0) is 4.79 Å². The van der Waals surface area contributed by atoms with Gasteiger partial charge in [0.1, 0.15) is 5.75 Å². The second kappa shape index (κ2) is 7.54. The van der Waals surface area contributed by atoms with Crippen LogP contribution in [0.3, 0.4) is 0 Å². The average molecular weight is 315 g/mol. The molecule has 0 aliphatic rings. The van der Waals surface area contributed by atoms with Gasteiger partial charge in [-0.1, -0.05) is 17.7 Å². The van der Waals surface area contributed by atoms with Crippen LogP contribution in [0.25, 0.3) is 0 Å². The average Bonchev–Trinajstić information content (AvgIpc) is 2.59. The van der Waals surface area contributed by atoms with E-state index in [9.17, 15) is 4.79 Å². The van der Waals surface area contributed by atoms with Crippen LogP contribution in [0.4, 0.5) is 5.69 Å². The fourth-order valence-electron chi connectivity index (χ4n) is 2.05. The number of benzene rings is 2. The number of ether oxygens (including phenoxy) is 3. The predicted molar refractivity (Wildman–Crippen MR) is 89.6 cm³/mol. The Morgan fingerprint density at radius 1 is 1.00 bits per heavy atom. The minimum atomic E-state index is -0.155. The second-order valence-electron chi connectivity index (χ2n) is 5.09. The highest BCUT2D eigenvalue weighted by Gasteiger charge is 2.14. The maximum Gasteiger partial charge on any atom is 0.264 e. The van der Waals surface area contributed by atoms with Crippen LogP contribution in [-0.4, -0.2) is 33.8 Å². The summed E-state index contributed by atoms with van der Waals surface area (Å²) in [6.07, 6.45) is 0. The largest absolute Gasteiger partial charge is 0.493 e. The van der Waals surface area contributed by atoms with E-state index in [0.29, 0.717) is 22.9 Å². The zero-order valence-electron chi connectivity index (χ0n) is 13.8. The molecule has 0 saturated heterocycles. The van der Waals surface area contributed by atoms with E-state index in [2.05, 4.69) is 0 Å². The zero-order chi connectivity index (χ0) is 16.8. The van der Waals surface area contributed by atoms with Gasteiger partial charge in [-0.15, -0.1) is 0 Å². The number of nitrogens with zero attached hydrogens (tertiary/aromatic N) is 1. The maximum absolute atomic E-state index is 12.3. The molecule has 1 amide bonds. The molecule has 0 aromatic heterocycles. The molecule has 23 heavy (non-hydrogen) atoms. The van der Waals surface area contributed by atoms with Crippen LogP contribution in [0.2, 0.25) is 0 Å². The number of amides is 1. The predicted octanol–water partition coefficient (Wildman–Crippen LogP) is 3.05. The molecule has 2 aromatic rings. The van der Waals surface area contributed by atoms with E-state index in [1.807, 2.05) is 31.2 Å². The summed E-state index contributed by atoms with van der Waals surface area (Å²) in [7, 11) is 4.83. The normalized spacial score (nSPS) is 10.1. The SMILES string of the molecule is COc1ccc(N(C)C(=O)COc2ccc(C)cc2)cc1OC. The molecule has 0 atom stereocenters. The molecule has 0 aliphatic heterocycles. The third kappa shape index (κ3) is 4.16. The lowest BCUT2D eigenvalue weighted by molar-refractivity contribution is -0.120. The first-order chi connectivity index (χ1) is 11.0. The summed E-state index contributed by atoms with van der Waals surface area (Å²) < 4.78 is 16.0. The molecule has 122 valence electrons. The van der Waals surface area contributed by atoms with Gasteiger partial charge in [-0.05, 0) is 31.2 Å². The van der Waals surface area contributed by atoms with Crippen molar-refractivity contribution in [2.24, 2.45) is 0 Å². The number of rotatable bonds is 6. The lowest BCUT2D eigenvalue weighted by atomic mass is 10.2. The number of anilines is 1. The van der Waals surface area contributed by atoms with Crippen molar-refractivity contribution in [3.05, 3.63) is 48.0 Å². The number of methoxy groups -OCH3 is 2. The Bertz CT molecular complexity index is 667. The first-order valence-electron chi connectivity index (χ1n) is 7.23. The maximum atomic E-state index is 12.3. The van der Waals surface area contributed by atoms with Gasteiger partial charge >= 0.3 is 0 Å². The minimum Gasteiger partial charge on any atom is -0.493 e. The van der Waals surface area contributed by atoms with E-state index >= 15 is 0 Å². The van der Waals surface area contributed by atoms with Crippen LogP contribution in [0.5, 0.6) is 17.2 Å². The Kier molecular flexibility index (Phi) is 5.46. The van der Waals surface area contributed by atoms with E-state index in [0.717, 1.165) is 5.56 Å². The number of carbonyl (C=O) groups is 1. The molecular weight excluding hydrogens is 294 g/mol. The lowest BCUT2D eigenvalue weighted by Gasteiger charge is -2.19. The van der Waals surface area contributed by atoms with Crippen LogP contribution in [0, 0.1) is 6.92 Å². The van der Waals surface area contributed by atoms with Crippen LogP contribution in [0.1, 0.15) is 5.56 Å². The van der Waals surface area contributed by atoms with Crippen LogP contribution in [0.15, 0.2) is 42.5 Å². The van der Waals surface area contributed by atoms with Crippen molar-refractivity contribution in [3.8, 4) is 17.2 Å². The smallest absolute Gasteiger partial charge is 0.264 e. The third-order valence-electron chi connectivity index (χ3n) is 3.51. The van der Waals surface area contributed by atoms with Crippen molar-refractivity contribution in [2.75, 3.05) is 32.8 Å². The third-order valence-corrected chi connectivity index (χ3v) is 3.51. The molecule has 0 heterocycles. The van der Waals surface area contributed by atoms with E-state index in [-0.39, 0.29) is 12.5 Å². The van der Waals surface area contributed by atoms with Gasteiger partial charge < -0.3 is 19.1 Å². The summed E-state index contributed by atoms with van der Waals surface area (Å²) >= 11 is 0. The van der Waals surface area contributed by atoms with Crippen molar-refractivity contribution in [1.82, 2.24) is 0 Å². The Morgan fingerprint density at radius 2 is 1.65 bits per heavy atom. The highest BCUT2D eigenvalue weighted by atomic mass is 16.5. The Labute approximate surface area is 136 Å². The van der Waals surface area contributed by atoms with Gasteiger partial charge in [-0.3, -0.25) is 4.79 Å². The van der Waals surface area contributed by atoms with Gasteiger partial charge in [-0.25, -0.2) is 0 Å². The molecule has 0 unspecified atom stereocenters. The fourth-order valence-corrected chi connectivity index (χ4v) is 2.05. The fraction of sp³-hybridized carbons (Fsp3) is 0.278. The monoisotopic (exact) mass is 315 g/mol. The first-order valence-corrected chi connectivity index (χ1v) is 7.23. The highest BCUT2D eigenvalue weighted by molar-refractivity contribution is 5.94. The first kappa shape index (κ1) is 16.7. The van der Waals surface area contributed by atoms with Crippen molar-refractivity contribution in [2.45, 2.75) is 6.92 Å². The number of carbonyl (C=O) groups excluding carboxylic acids is 1. The Hall–Kier alpha value is -2.69. The summed E-state index contributed by atoms with van der Waals surface area (Å²) in [6, 6.07) is 12.9. The standard InChI is InChI=1S/C18H21NO4/c1-13-5-8-15(9-6-13)23-12-18(20)19(2)14-7-10-16(21-3)17(11-14)22-4/h5-11H,12H2,1-4H3. The van der Waals surface area contributed by atoms with Crippen LogP contribution >= 0.6 is 0 Å². The molecule has 0 fully saturated rings. The molecular formula is C18H21NO4. The van der Waals surface area contributed by atoms with Gasteiger partial charge in [0, 0.05) is 18.8 Å². The quantitative estimate of drug-likeness (QED) is 0.822. The van der Waals surface area contributed by atoms with Crippen molar-refractivity contribution < 1.29 is 19.0 Å². The number of aryl methyl sites for hydroxylation is 1. The van der Waals surface area contributed by atoms with Crippen molar-refractivity contribution in [3.63, 3.8) is 0 Å². The number of hydrogen-bond acceptors (Lipinski definition) is 4.